The number of hydrogen-bond acceptors (Lipinski definition) is 5. The maximum absolute atomic E-state index is 12.5. The van der Waals surface area contributed by atoms with Gasteiger partial charge in [0.15, 0.2) is 11.5 Å². The third-order valence-corrected chi connectivity index (χ3v) is 4.63. The van der Waals surface area contributed by atoms with Crippen molar-refractivity contribution in [3.8, 4) is 11.5 Å². The lowest BCUT2D eigenvalue weighted by Crippen LogP contribution is -2.11. The second-order valence-corrected chi connectivity index (χ2v) is 7.41. The molecule has 0 aliphatic carbocycles. The van der Waals surface area contributed by atoms with E-state index in [4.69, 9.17) is 9.47 Å². The zero-order valence-electron chi connectivity index (χ0n) is 14.0. The number of rotatable bonds is 7. The lowest BCUT2D eigenvalue weighted by Gasteiger charge is -2.15. The van der Waals surface area contributed by atoms with E-state index >= 15 is 0 Å². The Balaban J connectivity index is 2.20. The standard InChI is InChI=1S/C17H19F2NO4S/c1-11(2)24-15-9-6-13(10-16(15)23-3)20-12-4-7-14(8-5-12)25(21,22)17(18)19/h4-11,17,20H,1-3H3. The van der Waals surface area contributed by atoms with E-state index in [0.29, 0.717) is 22.9 Å². The van der Waals surface area contributed by atoms with Crippen molar-refractivity contribution in [1.29, 1.82) is 0 Å². The summed E-state index contributed by atoms with van der Waals surface area (Å²) in [6.07, 6.45) is -0.00274. The number of halogens is 2. The van der Waals surface area contributed by atoms with Gasteiger partial charge in [0.25, 0.3) is 0 Å². The maximum atomic E-state index is 12.5. The Kier molecular flexibility index (Phi) is 5.84. The van der Waals surface area contributed by atoms with Crippen molar-refractivity contribution in [1.82, 2.24) is 0 Å². The van der Waals surface area contributed by atoms with Crippen LogP contribution in [-0.4, -0.2) is 27.4 Å². The van der Waals surface area contributed by atoms with Gasteiger partial charge in [-0.3, -0.25) is 0 Å². The largest absolute Gasteiger partial charge is 0.493 e. The number of sulfone groups is 1. The van der Waals surface area contributed by atoms with Gasteiger partial charge in [-0.15, -0.1) is 0 Å². The fourth-order valence-electron chi connectivity index (χ4n) is 2.09. The summed E-state index contributed by atoms with van der Waals surface area (Å²) in [4.78, 5) is -0.425. The van der Waals surface area contributed by atoms with Gasteiger partial charge >= 0.3 is 5.76 Å². The van der Waals surface area contributed by atoms with E-state index in [9.17, 15) is 17.2 Å². The van der Waals surface area contributed by atoms with Crippen LogP contribution >= 0.6 is 0 Å². The molecule has 0 saturated carbocycles. The SMILES string of the molecule is COc1cc(Nc2ccc(S(=O)(=O)C(F)F)cc2)ccc1OC(C)C. The molecule has 0 heterocycles. The van der Waals surface area contributed by atoms with E-state index in [2.05, 4.69) is 5.32 Å². The molecule has 0 amide bonds. The van der Waals surface area contributed by atoms with Gasteiger partial charge in [0.2, 0.25) is 9.84 Å². The van der Waals surface area contributed by atoms with Crippen molar-refractivity contribution in [2.75, 3.05) is 12.4 Å². The fourth-order valence-corrected chi connectivity index (χ4v) is 2.82. The van der Waals surface area contributed by atoms with Crippen molar-refractivity contribution in [3.63, 3.8) is 0 Å². The zero-order valence-corrected chi connectivity index (χ0v) is 14.8. The molecule has 2 rings (SSSR count). The minimum absolute atomic E-state index is 0.00274. The molecule has 1 N–H and O–H groups in total. The average molecular weight is 371 g/mol. The fraction of sp³-hybridized carbons (Fsp3) is 0.294. The lowest BCUT2D eigenvalue weighted by molar-refractivity contribution is 0.230. The predicted molar refractivity (Wildman–Crippen MR) is 91.7 cm³/mol. The topological polar surface area (TPSA) is 64.6 Å². The molecule has 0 unspecified atom stereocenters. The number of benzene rings is 2. The first-order chi connectivity index (χ1) is 11.7. The molecule has 2 aromatic carbocycles. The van der Waals surface area contributed by atoms with Crippen LogP contribution in [0.4, 0.5) is 20.2 Å². The zero-order chi connectivity index (χ0) is 18.6. The van der Waals surface area contributed by atoms with Crippen LogP contribution in [0.1, 0.15) is 13.8 Å². The van der Waals surface area contributed by atoms with Crippen LogP contribution in [0.2, 0.25) is 0 Å². The Labute approximate surface area is 145 Å². The highest BCUT2D eigenvalue weighted by molar-refractivity contribution is 7.91. The van der Waals surface area contributed by atoms with E-state index in [1.807, 2.05) is 13.8 Å². The van der Waals surface area contributed by atoms with Crippen molar-refractivity contribution in [2.45, 2.75) is 30.6 Å². The first-order valence-electron chi connectivity index (χ1n) is 7.48. The summed E-state index contributed by atoms with van der Waals surface area (Å²) < 4.78 is 58.8. The van der Waals surface area contributed by atoms with Crippen LogP contribution in [0.5, 0.6) is 11.5 Å². The van der Waals surface area contributed by atoms with Gasteiger partial charge in [-0.25, -0.2) is 8.42 Å². The van der Waals surface area contributed by atoms with Crippen LogP contribution in [0.25, 0.3) is 0 Å². The molecular formula is C17H19F2NO4S. The molecule has 5 nitrogen and oxygen atoms in total. The summed E-state index contributed by atoms with van der Waals surface area (Å²) in [5.41, 5.74) is 1.23. The molecule has 0 aromatic heterocycles. The Morgan fingerprint density at radius 1 is 0.960 bits per heavy atom. The highest BCUT2D eigenvalue weighted by Gasteiger charge is 2.26. The number of anilines is 2. The van der Waals surface area contributed by atoms with E-state index in [1.165, 1.54) is 19.2 Å². The molecule has 136 valence electrons. The number of hydrogen-bond donors (Lipinski definition) is 1. The molecule has 25 heavy (non-hydrogen) atoms. The second kappa shape index (κ2) is 7.69. The summed E-state index contributed by atoms with van der Waals surface area (Å²) in [6.45, 7) is 3.81. The van der Waals surface area contributed by atoms with Gasteiger partial charge in [0, 0.05) is 17.4 Å². The Morgan fingerprint density at radius 2 is 1.56 bits per heavy atom. The molecule has 0 bridgehead atoms. The van der Waals surface area contributed by atoms with Crippen LogP contribution in [-0.2, 0) is 9.84 Å². The summed E-state index contributed by atoms with van der Waals surface area (Å²) in [6, 6.07) is 10.3. The van der Waals surface area contributed by atoms with Crippen molar-refractivity contribution < 1.29 is 26.7 Å². The highest BCUT2D eigenvalue weighted by atomic mass is 32.2. The van der Waals surface area contributed by atoms with Gasteiger partial charge in [0.1, 0.15) is 0 Å². The minimum atomic E-state index is -4.59. The monoisotopic (exact) mass is 371 g/mol. The molecule has 8 heteroatoms. The number of methoxy groups -OCH3 is 1. The number of nitrogens with one attached hydrogen (secondary N) is 1. The molecule has 0 atom stereocenters. The number of ether oxygens (including phenoxy) is 2. The van der Waals surface area contributed by atoms with Gasteiger partial charge in [-0.05, 0) is 50.2 Å². The van der Waals surface area contributed by atoms with E-state index in [-0.39, 0.29) is 6.10 Å². The smallest absolute Gasteiger partial charge is 0.341 e. The van der Waals surface area contributed by atoms with Crippen LogP contribution in [0, 0.1) is 0 Å². The van der Waals surface area contributed by atoms with Crippen molar-refractivity contribution in [3.05, 3.63) is 42.5 Å². The van der Waals surface area contributed by atoms with Gasteiger partial charge in [0.05, 0.1) is 18.1 Å². The van der Waals surface area contributed by atoms with E-state index < -0.39 is 20.5 Å². The first kappa shape index (κ1) is 19.0. The minimum Gasteiger partial charge on any atom is -0.493 e. The molecule has 0 aliphatic rings. The van der Waals surface area contributed by atoms with Crippen molar-refractivity contribution >= 4 is 21.2 Å². The first-order valence-corrected chi connectivity index (χ1v) is 9.02. The molecular weight excluding hydrogens is 352 g/mol. The van der Waals surface area contributed by atoms with E-state index in [0.717, 1.165) is 12.1 Å². The quantitative estimate of drug-likeness (QED) is 0.789. The highest BCUT2D eigenvalue weighted by Crippen LogP contribution is 2.32. The third-order valence-electron chi connectivity index (χ3n) is 3.23. The summed E-state index contributed by atoms with van der Waals surface area (Å²) >= 11 is 0. The molecule has 0 spiro atoms. The molecule has 0 aliphatic heterocycles. The molecule has 0 fully saturated rings. The predicted octanol–water partition coefficient (Wildman–Crippen LogP) is 4.22. The van der Waals surface area contributed by atoms with Crippen LogP contribution in [0.3, 0.4) is 0 Å². The normalized spacial score (nSPS) is 11.6. The average Bonchev–Trinajstić information content (AvgIpc) is 2.56. The lowest BCUT2D eigenvalue weighted by atomic mass is 10.2. The second-order valence-electron chi connectivity index (χ2n) is 5.49. The van der Waals surface area contributed by atoms with Crippen molar-refractivity contribution in [2.24, 2.45) is 0 Å². The summed E-state index contributed by atoms with van der Waals surface area (Å²) in [5, 5.41) is 3.05. The van der Waals surface area contributed by atoms with Gasteiger partial charge < -0.3 is 14.8 Å². The Morgan fingerprint density at radius 3 is 2.08 bits per heavy atom. The maximum Gasteiger partial charge on any atom is 0.341 e. The van der Waals surface area contributed by atoms with Gasteiger partial charge in [-0.1, -0.05) is 0 Å². The summed E-state index contributed by atoms with van der Waals surface area (Å²) in [5.74, 6) is -2.30. The van der Waals surface area contributed by atoms with Gasteiger partial charge in [-0.2, -0.15) is 8.78 Å². The number of alkyl halides is 2. The molecule has 0 radical (unpaired) electrons. The Hall–Kier alpha value is -2.35. The molecule has 0 saturated heterocycles. The van der Waals surface area contributed by atoms with E-state index in [1.54, 1.807) is 18.2 Å². The summed E-state index contributed by atoms with van der Waals surface area (Å²) in [7, 11) is -3.07. The third kappa shape index (κ3) is 4.60. The van der Waals surface area contributed by atoms with Crippen LogP contribution < -0.4 is 14.8 Å². The molecule has 2 aromatic rings. The van der Waals surface area contributed by atoms with Crippen LogP contribution in [0.15, 0.2) is 47.4 Å². The Bertz CT molecular complexity index is 821.